The maximum Gasteiger partial charge on any atom is 0.251 e. The van der Waals surface area contributed by atoms with Crippen molar-refractivity contribution in [3.8, 4) is 5.75 Å². The predicted octanol–water partition coefficient (Wildman–Crippen LogP) is 3.74. The van der Waals surface area contributed by atoms with E-state index in [0.717, 1.165) is 18.4 Å². The summed E-state index contributed by atoms with van der Waals surface area (Å²) in [5.41, 5.74) is 9.77. The van der Waals surface area contributed by atoms with Gasteiger partial charge < -0.3 is 21.2 Å². The number of carbonyl (C=O) groups excluding carboxylic acids is 1. The summed E-state index contributed by atoms with van der Waals surface area (Å²) >= 11 is 6.08. The highest BCUT2D eigenvalue weighted by molar-refractivity contribution is 6.32. The van der Waals surface area contributed by atoms with Crippen LogP contribution in [0.15, 0.2) is 30.3 Å². The van der Waals surface area contributed by atoms with Crippen LogP contribution in [0.5, 0.6) is 5.75 Å². The molecule has 1 amide bonds. The number of rotatable bonds is 6. The molecule has 0 aliphatic heterocycles. The number of nitrogen functional groups attached to an aromatic ring is 1. The molecule has 3 rings (SSSR count). The summed E-state index contributed by atoms with van der Waals surface area (Å²) in [4.78, 5) is 12.5. The normalized spacial score (nSPS) is 13.4. The zero-order valence-corrected chi connectivity index (χ0v) is 14.7. The molecule has 0 radical (unpaired) electrons. The summed E-state index contributed by atoms with van der Waals surface area (Å²) in [5, 5.41) is 11.0. The van der Waals surface area contributed by atoms with Crippen molar-refractivity contribution in [2.75, 3.05) is 12.8 Å². The number of hydrogen-bond acceptors (Lipinski definition) is 4. The number of methoxy groups -OCH3 is 1. The van der Waals surface area contributed by atoms with Crippen LogP contribution in [0.3, 0.4) is 0 Å². The summed E-state index contributed by atoms with van der Waals surface area (Å²) in [6.45, 7) is 0.323. The van der Waals surface area contributed by atoms with Gasteiger partial charge in [-0.3, -0.25) is 4.79 Å². The number of anilines is 1. The van der Waals surface area contributed by atoms with Crippen molar-refractivity contribution in [1.82, 2.24) is 5.32 Å². The molecule has 1 saturated carbocycles. The number of ether oxygens (including phenoxy) is 1. The van der Waals surface area contributed by atoms with Crippen LogP contribution >= 0.6 is 11.6 Å². The molecule has 1 aliphatic rings. The van der Waals surface area contributed by atoms with Crippen molar-refractivity contribution in [2.24, 2.45) is 0 Å². The number of nitrogens with two attached hydrogens (primary N) is 1. The smallest absolute Gasteiger partial charge is 0.251 e. The molecular formula is C19H20ClN3O2. The maximum absolute atomic E-state index is 12.5. The first-order valence-corrected chi connectivity index (χ1v) is 8.46. The van der Waals surface area contributed by atoms with Gasteiger partial charge in [0.2, 0.25) is 0 Å². The molecule has 25 heavy (non-hydrogen) atoms. The Balaban J connectivity index is 1.81. The minimum atomic E-state index is -0.232. The molecule has 1 fully saturated rings. The van der Waals surface area contributed by atoms with E-state index in [1.54, 1.807) is 18.2 Å². The number of nitrogens with one attached hydrogen (secondary N) is 2. The SMILES string of the molecule is COc1ccc(C(=O)NCc2c(C3CC3)ccc(N)c2C=N)cc1Cl. The first kappa shape index (κ1) is 17.3. The molecule has 2 aromatic rings. The molecule has 0 atom stereocenters. The molecule has 130 valence electrons. The fourth-order valence-electron chi connectivity index (χ4n) is 2.92. The van der Waals surface area contributed by atoms with Gasteiger partial charge in [0.1, 0.15) is 5.75 Å². The van der Waals surface area contributed by atoms with Crippen LogP contribution < -0.4 is 15.8 Å². The van der Waals surface area contributed by atoms with E-state index in [1.807, 2.05) is 12.1 Å². The van der Waals surface area contributed by atoms with Gasteiger partial charge in [-0.15, -0.1) is 0 Å². The molecule has 0 saturated heterocycles. The molecule has 1 aliphatic carbocycles. The third-order valence-corrected chi connectivity index (χ3v) is 4.72. The van der Waals surface area contributed by atoms with E-state index in [1.165, 1.54) is 18.9 Å². The minimum Gasteiger partial charge on any atom is -0.495 e. The Bertz CT molecular complexity index is 832. The summed E-state index contributed by atoms with van der Waals surface area (Å²) in [6, 6.07) is 8.75. The van der Waals surface area contributed by atoms with Crippen LogP contribution in [-0.2, 0) is 6.54 Å². The molecule has 6 heteroatoms. The van der Waals surface area contributed by atoms with E-state index in [9.17, 15) is 4.79 Å². The van der Waals surface area contributed by atoms with Crippen molar-refractivity contribution in [2.45, 2.75) is 25.3 Å². The molecule has 0 aromatic heterocycles. The van der Waals surface area contributed by atoms with Crippen LogP contribution in [0.1, 0.15) is 45.8 Å². The summed E-state index contributed by atoms with van der Waals surface area (Å²) < 4.78 is 5.10. The Morgan fingerprint density at radius 1 is 1.40 bits per heavy atom. The van der Waals surface area contributed by atoms with E-state index in [4.69, 9.17) is 27.5 Å². The maximum atomic E-state index is 12.5. The molecule has 0 unspecified atom stereocenters. The third kappa shape index (κ3) is 3.61. The molecule has 2 aromatic carbocycles. The van der Waals surface area contributed by atoms with Crippen LogP contribution in [-0.4, -0.2) is 19.2 Å². The first-order valence-electron chi connectivity index (χ1n) is 8.08. The Morgan fingerprint density at radius 3 is 2.76 bits per heavy atom. The Labute approximate surface area is 151 Å². The second kappa shape index (κ2) is 7.15. The van der Waals surface area contributed by atoms with Crippen molar-refractivity contribution in [3.05, 3.63) is 57.6 Å². The van der Waals surface area contributed by atoms with Crippen molar-refractivity contribution in [3.63, 3.8) is 0 Å². The third-order valence-electron chi connectivity index (χ3n) is 4.43. The van der Waals surface area contributed by atoms with E-state index < -0.39 is 0 Å². The van der Waals surface area contributed by atoms with Gasteiger partial charge in [-0.25, -0.2) is 0 Å². The van der Waals surface area contributed by atoms with Gasteiger partial charge in [-0.2, -0.15) is 0 Å². The van der Waals surface area contributed by atoms with Crippen LogP contribution in [0.25, 0.3) is 0 Å². The standard InChI is InChI=1S/C19H20ClN3O2/c1-25-18-7-4-12(8-16(18)20)19(24)23-10-15-13(11-2-3-11)5-6-17(22)14(15)9-21/h4-9,11,21H,2-3,10,22H2,1H3,(H,23,24). The fraction of sp³-hybridized carbons (Fsp3) is 0.263. The second-order valence-corrected chi connectivity index (χ2v) is 6.49. The minimum absolute atomic E-state index is 0.232. The van der Waals surface area contributed by atoms with Crippen molar-refractivity contribution < 1.29 is 9.53 Å². The summed E-state index contributed by atoms with van der Waals surface area (Å²) in [7, 11) is 1.53. The zero-order valence-electron chi connectivity index (χ0n) is 13.9. The monoisotopic (exact) mass is 357 g/mol. The number of amides is 1. The van der Waals surface area contributed by atoms with Gasteiger partial charge >= 0.3 is 0 Å². The van der Waals surface area contributed by atoms with Gasteiger partial charge in [0.25, 0.3) is 5.91 Å². The number of hydrogen-bond donors (Lipinski definition) is 3. The van der Waals surface area contributed by atoms with E-state index in [-0.39, 0.29) is 5.91 Å². The second-order valence-electron chi connectivity index (χ2n) is 6.09. The fourth-order valence-corrected chi connectivity index (χ4v) is 3.18. The predicted molar refractivity (Wildman–Crippen MR) is 99.9 cm³/mol. The average molecular weight is 358 g/mol. The van der Waals surface area contributed by atoms with Crippen LogP contribution in [0.4, 0.5) is 5.69 Å². The zero-order chi connectivity index (χ0) is 18.0. The number of halogens is 1. The Kier molecular flexibility index (Phi) is 4.95. The molecular weight excluding hydrogens is 338 g/mol. The molecule has 0 spiro atoms. The lowest BCUT2D eigenvalue weighted by Crippen LogP contribution is -2.24. The van der Waals surface area contributed by atoms with E-state index in [2.05, 4.69) is 5.32 Å². The van der Waals surface area contributed by atoms with Gasteiger partial charge in [0, 0.05) is 29.6 Å². The summed E-state index contributed by atoms with van der Waals surface area (Å²) in [5.74, 6) is 0.794. The highest BCUT2D eigenvalue weighted by Crippen LogP contribution is 2.43. The Morgan fingerprint density at radius 2 is 2.16 bits per heavy atom. The highest BCUT2D eigenvalue weighted by atomic mass is 35.5. The van der Waals surface area contributed by atoms with E-state index in [0.29, 0.717) is 40.0 Å². The molecule has 4 N–H and O–H groups in total. The molecule has 0 bridgehead atoms. The van der Waals surface area contributed by atoms with Crippen molar-refractivity contribution >= 4 is 29.4 Å². The van der Waals surface area contributed by atoms with Crippen LogP contribution in [0, 0.1) is 5.41 Å². The first-order chi connectivity index (χ1) is 12.0. The van der Waals surface area contributed by atoms with Gasteiger partial charge in [-0.05, 0) is 54.2 Å². The van der Waals surface area contributed by atoms with Gasteiger partial charge in [-0.1, -0.05) is 17.7 Å². The van der Waals surface area contributed by atoms with E-state index >= 15 is 0 Å². The van der Waals surface area contributed by atoms with Gasteiger partial charge in [0.05, 0.1) is 12.1 Å². The number of carbonyl (C=O) groups is 1. The summed E-state index contributed by atoms with van der Waals surface area (Å²) in [6.07, 6.45) is 3.53. The molecule has 0 heterocycles. The Hall–Kier alpha value is -2.53. The lowest BCUT2D eigenvalue weighted by molar-refractivity contribution is 0.0951. The lowest BCUT2D eigenvalue weighted by Gasteiger charge is -2.15. The lowest BCUT2D eigenvalue weighted by atomic mass is 9.96. The average Bonchev–Trinajstić information content (AvgIpc) is 3.44. The van der Waals surface area contributed by atoms with Gasteiger partial charge in [0.15, 0.2) is 0 Å². The molecule has 5 nitrogen and oxygen atoms in total. The topological polar surface area (TPSA) is 88.2 Å². The largest absolute Gasteiger partial charge is 0.495 e. The quantitative estimate of drug-likeness (QED) is 0.543. The van der Waals surface area contributed by atoms with Crippen molar-refractivity contribution in [1.29, 1.82) is 5.41 Å². The highest BCUT2D eigenvalue weighted by Gasteiger charge is 2.27. The van der Waals surface area contributed by atoms with Crippen LogP contribution in [0.2, 0.25) is 5.02 Å². The number of benzene rings is 2.